The molecular formula is C16H25ClN2O3S. The van der Waals surface area contributed by atoms with Crippen LogP contribution in [-0.4, -0.2) is 33.2 Å². The van der Waals surface area contributed by atoms with E-state index in [2.05, 4.69) is 19.2 Å². The van der Waals surface area contributed by atoms with E-state index in [0.29, 0.717) is 23.2 Å². The van der Waals surface area contributed by atoms with E-state index < -0.39 is 16.1 Å². The van der Waals surface area contributed by atoms with Gasteiger partial charge >= 0.3 is 0 Å². The first-order valence-electron chi connectivity index (χ1n) is 7.57. The summed E-state index contributed by atoms with van der Waals surface area (Å²) in [7, 11) is -3.63. The summed E-state index contributed by atoms with van der Waals surface area (Å²) in [5.74, 6) is 0.141. The van der Waals surface area contributed by atoms with Gasteiger partial charge in [0.2, 0.25) is 15.9 Å². The quantitative estimate of drug-likeness (QED) is 0.812. The van der Waals surface area contributed by atoms with Gasteiger partial charge in [-0.15, -0.1) is 0 Å². The van der Waals surface area contributed by atoms with Gasteiger partial charge in [0.15, 0.2) is 0 Å². The zero-order valence-corrected chi connectivity index (χ0v) is 15.8. The molecule has 1 atom stereocenters. The van der Waals surface area contributed by atoms with E-state index in [1.807, 2.05) is 0 Å². The van der Waals surface area contributed by atoms with Gasteiger partial charge < -0.3 is 5.32 Å². The Bertz CT molecular complexity index is 659. The molecule has 0 bridgehead atoms. The Labute approximate surface area is 144 Å². The molecule has 1 amide bonds. The van der Waals surface area contributed by atoms with E-state index in [4.69, 9.17) is 11.6 Å². The number of aryl methyl sites for hydroxylation is 1. The Hall–Kier alpha value is -1.27. The molecule has 5 nitrogen and oxygen atoms in total. The largest absolute Gasteiger partial charge is 0.354 e. The molecule has 1 aromatic carbocycles. The van der Waals surface area contributed by atoms with E-state index in [1.165, 1.54) is 0 Å². The molecule has 0 radical (unpaired) electrons. The summed E-state index contributed by atoms with van der Waals surface area (Å²) in [6, 6.07) is 4.14. The smallest absolute Gasteiger partial charge is 0.243 e. The Morgan fingerprint density at radius 2 is 1.91 bits per heavy atom. The van der Waals surface area contributed by atoms with Crippen molar-refractivity contribution in [1.82, 2.24) is 5.32 Å². The second kappa shape index (κ2) is 8.02. The Balaban J connectivity index is 3.08. The van der Waals surface area contributed by atoms with Crippen molar-refractivity contribution in [3.8, 4) is 0 Å². The van der Waals surface area contributed by atoms with Crippen LogP contribution in [0.3, 0.4) is 0 Å². The number of carbonyl (C=O) groups is 1. The van der Waals surface area contributed by atoms with Crippen LogP contribution in [0.1, 0.15) is 32.8 Å². The summed E-state index contributed by atoms with van der Waals surface area (Å²) < 4.78 is 25.6. The normalized spacial score (nSPS) is 13.0. The fourth-order valence-corrected chi connectivity index (χ4v) is 3.62. The van der Waals surface area contributed by atoms with Crippen LogP contribution < -0.4 is 9.62 Å². The number of benzene rings is 1. The minimum atomic E-state index is -3.63. The summed E-state index contributed by atoms with van der Waals surface area (Å²) in [6.45, 7) is 8.01. The first kappa shape index (κ1) is 19.8. The summed E-state index contributed by atoms with van der Waals surface area (Å²) in [4.78, 5) is 12.3. The zero-order valence-electron chi connectivity index (χ0n) is 14.3. The third kappa shape index (κ3) is 5.70. The predicted molar refractivity (Wildman–Crippen MR) is 95.4 cm³/mol. The van der Waals surface area contributed by atoms with Gasteiger partial charge in [0.25, 0.3) is 0 Å². The Morgan fingerprint density at radius 3 is 2.43 bits per heavy atom. The molecule has 7 heteroatoms. The van der Waals surface area contributed by atoms with Crippen molar-refractivity contribution in [2.75, 3.05) is 17.1 Å². The lowest BCUT2D eigenvalue weighted by atomic mass is 10.1. The standard InChI is InChI=1S/C16H25ClN2O3S/c1-11(2)8-9-18-16(20)13(4)19(23(5,21)22)15-10-14(17)7-6-12(15)3/h6-7,10-11,13H,8-9H2,1-5H3,(H,18,20)/t13-/m0/s1. The summed E-state index contributed by atoms with van der Waals surface area (Å²) in [5.41, 5.74) is 1.16. The van der Waals surface area contributed by atoms with Crippen molar-refractivity contribution in [3.63, 3.8) is 0 Å². The lowest BCUT2D eigenvalue weighted by Gasteiger charge is -2.29. The molecule has 1 rings (SSSR count). The molecule has 130 valence electrons. The van der Waals surface area contributed by atoms with E-state index in [-0.39, 0.29) is 5.91 Å². The maximum Gasteiger partial charge on any atom is 0.243 e. The first-order chi connectivity index (χ1) is 10.5. The number of carbonyl (C=O) groups excluding carboxylic acids is 1. The number of nitrogens with zero attached hydrogens (tertiary/aromatic N) is 1. The van der Waals surface area contributed by atoms with E-state index >= 15 is 0 Å². The monoisotopic (exact) mass is 360 g/mol. The Morgan fingerprint density at radius 1 is 1.30 bits per heavy atom. The predicted octanol–water partition coefficient (Wildman–Crippen LogP) is 2.97. The third-order valence-electron chi connectivity index (χ3n) is 3.52. The molecule has 0 saturated heterocycles. The molecule has 0 fully saturated rings. The van der Waals surface area contributed by atoms with E-state index in [0.717, 1.165) is 22.5 Å². The number of hydrogen-bond acceptors (Lipinski definition) is 3. The van der Waals surface area contributed by atoms with Gasteiger partial charge in [0.1, 0.15) is 6.04 Å². The molecule has 0 aliphatic rings. The lowest BCUT2D eigenvalue weighted by molar-refractivity contribution is -0.121. The average Bonchev–Trinajstić information content (AvgIpc) is 2.40. The van der Waals surface area contributed by atoms with Crippen molar-refractivity contribution in [2.24, 2.45) is 5.92 Å². The van der Waals surface area contributed by atoms with Crippen molar-refractivity contribution in [3.05, 3.63) is 28.8 Å². The minimum Gasteiger partial charge on any atom is -0.354 e. The SMILES string of the molecule is Cc1ccc(Cl)cc1N([C@@H](C)C(=O)NCCC(C)C)S(C)(=O)=O. The number of hydrogen-bond donors (Lipinski definition) is 1. The number of amides is 1. The highest BCUT2D eigenvalue weighted by Gasteiger charge is 2.30. The lowest BCUT2D eigenvalue weighted by Crippen LogP contribution is -2.48. The van der Waals surface area contributed by atoms with Gasteiger partial charge in [-0.25, -0.2) is 8.42 Å². The Kier molecular flexibility index (Phi) is 6.89. The van der Waals surface area contributed by atoms with Crippen LogP contribution >= 0.6 is 11.6 Å². The fourth-order valence-electron chi connectivity index (χ4n) is 2.23. The molecule has 1 aromatic rings. The summed E-state index contributed by atoms with van der Waals surface area (Å²) >= 11 is 5.99. The van der Waals surface area contributed by atoms with Gasteiger partial charge in [-0.2, -0.15) is 0 Å². The number of sulfonamides is 1. The van der Waals surface area contributed by atoms with Gasteiger partial charge in [-0.1, -0.05) is 31.5 Å². The molecule has 0 aliphatic carbocycles. The summed E-state index contributed by atoms with van der Waals surface area (Å²) in [6.07, 6.45) is 1.93. The van der Waals surface area contributed by atoms with Crippen LogP contribution in [0, 0.1) is 12.8 Å². The number of rotatable bonds is 7. The number of anilines is 1. The van der Waals surface area contributed by atoms with E-state index in [9.17, 15) is 13.2 Å². The van der Waals surface area contributed by atoms with Crippen molar-refractivity contribution in [1.29, 1.82) is 0 Å². The molecule has 0 saturated carbocycles. The second-order valence-corrected chi connectivity index (χ2v) is 8.44. The first-order valence-corrected chi connectivity index (χ1v) is 9.80. The third-order valence-corrected chi connectivity index (χ3v) is 4.98. The highest BCUT2D eigenvalue weighted by Crippen LogP contribution is 2.28. The van der Waals surface area contributed by atoms with Crippen LogP contribution in [0.2, 0.25) is 5.02 Å². The topological polar surface area (TPSA) is 66.5 Å². The van der Waals surface area contributed by atoms with E-state index in [1.54, 1.807) is 32.0 Å². The number of halogens is 1. The molecule has 0 heterocycles. The molecule has 0 aliphatic heterocycles. The van der Waals surface area contributed by atoms with Gasteiger partial charge in [0.05, 0.1) is 11.9 Å². The molecule has 0 aromatic heterocycles. The molecule has 0 unspecified atom stereocenters. The maximum absolute atomic E-state index is 12.3. The van der Waals surface area contributed by atoms with Crippen LogP contribution in [-0.2, 0) is 14.8 Å². The van der Waals surface area contributed by atoms with Crippen LogP contribution in [0.4, 0.5) is 5.69 Å². The van der Waals surface area contributed by atoms with Crippen LogP contribution in [0.15, 0.2) is 18.2 Å². The van der Waals surface area contributed by atoms with Crippen molar-refractivity contribution >= 4 is 33.2 Å². The van der Waals surface area contributed by atoms with Gasteiger partial charge in [-0.3, -0.25) is 9.10 Å². The highest BCUT2D eigenvalue weighted by molar-refractivity contribution is 7.92. The fraction of sp³-hybridized carbons (Fsp3) is 0.562. The molecule has 1 N–H and O–H groups in total. The highest BCUT2D eigenvalue weighted by atomic mass is 35.5. The van der Waals surface area contributed by atoms with Crippen LogP contribution in [0.5, 0.6) is 0 Å². The minimum absolute atomic E-state index is 0.324. The van der Waals surface area contributed by atoms with Gasteiger partial charge in [-0.05, 0) is 43.9 Å². The second-order valence-electron chi connectivity index (χ2n) is 6.14. The molecule has 0 spiro atoms. The van der Waals surface area contributed by atoms with Crippen LogP contribution in [0.25, 0.3) is 0 Å². The van der Waals surface area contributed by atoms with Crippen molar-refractivity contribution in [2.45, 2.75) is 40.2 Å². The maximum atomic E-state index is 12.3. The average molecular weight is 361 g/mol. The van der Waals surface area contributed by atoms with Crippen molar-refractivity contribution < 1.29 is 13.2 Å². The molecule has 23 heavy (non-hydrogen) atoms. The van der Waals surface area contributed by atoms with Gasteiger partial charge in [0, 0.05) is 11.6 Å². The molecular weight excluding hydrogens is 336 g/mol. The summed E-state index contributed by atoms with van der Waals surface area (Å²) in [5, 5.41) is 3.21. The zero-order chi connectivity index (χ0) is 17.8. The number of nitrogens with one attached hydrogen (secondary N) is 1.